The van der Waals surface area contributed by atoms with Crippen molar-refractivity contribution in [2.45, 2.75) is 110 Å². The number of carboxylic acid groups (broad SMARTS) is 1. The summed E-state index contributed by atoms with van der Waals surface area (Å²) in [4.78, 5) is 10.4. The monoisotopic (exact) mass is 336 g/mol. The number of carbonyl (C=O) groups is 1. The highest BCUT2D eigenvalue weighted by Crippen LogP contribution is 2.38. The van der Waals surface area contributed by atoms with Crippen LogP contribution >= 0.6 is 0 Å². The van der Waals surface area contributed by atoms with Crippen molar-refractivity contribution in [2.24, 2.45) is 11.8 Å². The standard InChI is InChI=1S/C22H40O2/c1-2-3-4-5-6-7-8-11-15-20-17-14-18-21(20)16-12-9-10-13-19-22(23)24/h13,19-21H,2-12,14-18H2,1H3,(H,23,24)/b19-13+/t20-,21-/m0/s1. The number of rotatable bonds is 15. The largest absolute Gasteiger partial charge is 0.478 e. The predicted octanol–water partition coefficient (Wildman–Crippen LogP) is 7.13. The fourth-order valence-electron chi connectivity index (χ4n) is 4.27. The van der Waals surface area contributed by atoms with E-state index in [9.17, 15) is 4.79 Å². The van der Waals surface area contributed by atoms with Crippen LogP contribution in [-0.4, -0.2) is 11.1 Å². The third kappa shape index (κ3) is 10.9. The van der Waals surface area contributed by atoms with Gasteiger partial charge in [0.25, 0.3) is 0 Å². The normalized spacial score (nSPS) is 20.9. The first kappa shape index (κ1) is 21.3. The molecule has 0 aliphatic heterocycles. The number of unbranched alkanes of at least 4 members (excludes halogenated alkanes) is 9. The Morgan fingerprint density at radius 3 is 2.00 bits per heavy atom. The quantitative estimate of drug-likeness (QED) is 0.255. The van der Waals surface area contributed by atoms with Gasteiger partial charge in [-0.25, -0.2) is 4.79 Å². The Balaban J connectivity index is 1.99. The third-order valence-electron chi connectivity index (χ3n) is 5.70. The molecule has 2 heteroatoms. The van der Waals surface area contributed by atoms with E-state index in [2.05, 4.69) is 6.92 Å². The Hall–Kier alpha value is -0.790. The molecule has 140 valence electrons. The Morgan fingerprint density at radius 2 is 1.42 bits per heavy atom. The second kappa shape index (κ2) is 14.5. The predicted molar refractivity (Wildman–Crippen MR) is 103 cm³/mol. The molecule has 0 unspecified atom stereocenters. The van der Waals surface area contributed by atoms with E-state index in [4.69, 9.17) is 5.11 Å². The fourth-order valence-corrected chi connectivity index (χ4v) is 4.27. The molecular weight excluding hydrogens is 296 g/mol. The van der Waals surface area contributed by atoms with Crippen molar-refractivity contribution in [2.75, 3.05) is 0 Å². The van der Waals surface area contributed by atoms with Crippen LogP contribution in [-0.2, 0) is 4.79 Å². The smallest absolute Gasteiger partial charge is 0.327 e. The van der Waals surface area contributed by atoms with Crippen LogP contribution in [0.2, 0.25) is 0 Å². The molecule has 1 fully saturated rings. The van der Waals surface area contributed by atoms with Crippen molar-refractivity contribution in [3.8, 4) is 0 Å². The Morgan fingerprint density at radius 1 is 0.875 bits per heavy atom. The molecular formula is C22H40O2. The van der Waals surface area contributed by atoms with E-state index in [1.165, 1.54) is 96.0 Å². The molecule has 0 saturated heterocycles. The van der Waals surface area contributed by atoms with Gasteiger partial charge in [-0.2, -0.15) is 0 Å². The molecule has 0 aromatic rings. The zero-order valence-electron chi connectivity index (χ0n) is 16.0. The highest BCUT2D eigenvalue weighted by Gasteiger charge is 2.25. The van der Waals surface area contributed by atoms with Crippen LogP contribution in [0.25, 0.3) is 0 Å². The average Bonchev–Trinajstić information content (AvgIpc) is 3.00. The van der Waals surface area contributed by atoms with E-state index in [-0.39, 0.29) is 0 Å². The molecule has 24 heavy (non-hydrogen) atoms. The van der Waals surface area contributed by atoms with Crippen molar-refractivity contribution < 1.29 is 9.90 Å². The molecule has 0 aromatic carbocycles. The number of carboxylic acids is 1. The maximum absolute atomic E-state index is 10.4. The summed E-state index contributed by atoms with van der Waals surface area (Å²) >= 11 is 0. The number of aliphatic carboxylic acids is 1. The van der Waals surface area contributed by atoms with Gasteiger partial charge in [-0.3, -0.25) is 0 Å². The van der Waals surface area contributed by atoms with Gasteiger partial charge in [0.2, 0.25) is 0 Å². The van der Waals surface area contributed by atoms with Crippen LogP contribution < -0.4 is 0 Å². The topological polar surface area (TPSA) is 37.3 Å². The van der Waals surface area contributed by atoms with Gasteiger partial charge in [0.1, 0.15) is 0 Å². The van der Waals surface area contributed by atoms with Gasteiger partial charge in [-0.15, -0.1) is 0 Å². The van der Waals surface area contributed by atoms with Gasteiger partial charge in [-0.1, -0.05) is 103 Å². The lowest BCUT2D eigenvalue weighted by atomic mass is 9.87. The van der Waals surface area contributed by atoms with Gasteiger partial charge in [0, 0.05) is 6.08 Å². The molecule has 2 nitrogen and oxygen atoms in total. The summed E-state index contributed by atoms with van der Waals surface area (Å²) in [6.45, 7) is 2.28. The molecule has 1 rings (SSSR count). The molecule has 1 aliphatic rings. The minimum absolute atomic E-state index is 0.823. The van der Waals surface area contributed by atoms with Crippen molar-refractivity contribution in [3.05, 3.63) is 12.2 Å². The van der Waals surface area contributed by atoms with Crippen LogP contribution in [0.3, 0.4) is 0 Å². The summed E-state index contributed by atoms with van der Waals surface area (Å²) in [5, 5.41) is 8.57. The molecule has 0 bridgehead atoms. The molecule has 0 spiro atoms. The number of allylic oxidation sites excluding steroid dienone is 1. The SMILES string of the molecule is CCCCCCCCCC[C@H]1CCC[C@@H]1CCCC/C=C/C(=O)O. The highest BCUT2D eigenvalue weighted by atomic mass is 16.4. The maximum Gasteiger partial charge on any atom is 0.327 e. The van der Waals surface area contributed by atoms with Crippen LogP contribution in [0.15, 0.2) is 12.2 Å². The molecule has 0 aromatic heterocycles. The minimum Gasteiger partial charge on any atom is -0.478 e. The first-order valence-corrected chi connectivity index (χ1v) is 10.6. The average molecular weight is 337 g/mol. The van der Waals surface area contributed by atoms with E-state index in [1.54, 1.807) is 6.08 Å². The van der Waals surface area contributed by atoms with Gasteiger partial charge in [0.15, 0.2) is 0 Å². The van der Waals surface area contributed by atoms with Crippen LogP contribution in [0.5, 0.6) is 0 Å². The molecule has 0 amide bonds. The lowest BCUT2D eigenvalue weighted by Gasteiger charge is -2.19. The fraction of sp³-hybridized carbons (Fsp3) is 0.864. The van der Waals surface area contributed by atoms with E-state index in [0.29, 0.717) is 0 Å². The van der Waals surface area contributed by atoms with Gasteiger partial charge >= 0.3 is 5.97 Å². The van der Waals surface area contributed by atoms with Crippen molar-refractivity contribution in [1.29, 1.82) is 0 Å². The second-order valence-electron chi connectivity index (χ2n) is 7.74. The van der Waals surface area contributed by atoms with Crippen molar-refractivity contribution in [3.63, 3.8) is 0 Å². The molecule has 1 aliphatic carbocycles. The minimum atomic E-state index is -0.823. The molecule has 1 saturated carbocycles. The molecule has 1 N–H and O–H groups in total. The second-order valence-corrected chi connectivity index (χ2v) is 7.74. The van der Waals surface area contributed by atoms with Gasteiger partial charge in [0.05, 0.1) is 0 Å². The Bertz CT molecular complexity index is 335. The van der Waals surface area contributed by atoms with E-state index < -0.39 is 5.97 Å². The third-order valence-corrected chi connectivity index (χ3v) is 5.70. The number of hydrogen-bond acceptors (Lipinski definition) is 1. The molecule has 2 atom stereocenters. The summed E-state index contributed by atoms with van der Waals surface area (Å²) < 4.78 is 0. The number of hydrogen-bond donors (Lipinski definition) is 1. The summed E-state index contributed by atoms with van der Waals surface area (Å²) in [5.41, 5.74) is 0. The summed E-state index contributed by atoms with van der Waals surface area (Å²) in [7, 11) is 0. The van der Waals surface area contributed by atoms with Gasteiger partial charge in [-0.05, 0) is 24.7 Å². The van der Waals surface area contributed by atoms with Crippen molar-refractivity contribution in [1.82, 2.24) is 0 Å². The van der Waals surface area contributed by atoms with E-state index >= 15 is 0 Å². The van der Waals surface area contributed by atoms with E-state index in [1.807, 2.05) is 0 Å². The first-order valence-electron chi connectivity index (χ1n) is 10.6. The summed E-state index contributed by atoms with van der Waals surface area (Å²) in [6, 6.07) is 0. The lowest BCUT2D eigenvalue weighted by molar-refractivity contribution is -0.131. The lowest BCUT2D eigenvalue weighted by Crippen LogP contribution is -2.08. The van der Waals surface area contributed by atoms with Crippen molar-refractivity contribution >= 4 is 5.97 Å². The van der Waals surface area contributed by atoms with Crippen LogP contribution in [0.4, 0.5) is 0 Å². The zero-order valence-corrected chi connectivity index (χ0v) is 16.0. The van der Waals surface area contributed by atoms with Crippen LogP contribution in [0.1, 0.15) is 110 Å². The highest BCUT2D eigenvalue weighted by molar-refractivity contribution is 5.79. The molecule has 0 heterocycles. The van der Waals surface area contributed by atoms with Crippen LogP contribution in [0, 0.1) is 11.8 Å². The van der Waals surface area contributed by atoms with Gasteiger partial charge < -0.3 is 5.11 Å². The summed E-state index contributed by atoms with van der Waals surface area (Å²) in [6.07, 6.45) is 25.0. The maximum atomic E-state index is 10.4. The Kier molecular flexibility index (Phi) is 12.9. The van der Waals surface area contributed by atoms with E-state index in [0.717, 1.165) is 24.7 Å². The summed E-state index contributed by atoms with van der Waals surface area (Å²) in [5.74, 6) is 1.12. The zero-order chi connectivity index (χ0) is 17.5. The molecule has 0 radical (unpaired) electrons. The Labute approximate surface area is 150 Å². The first-order chi connectivity index (χ1) is 11.7.